The molecule has 2 nitrogen and oxygen atoms in total. The standard InChI is InChI=1S/C12H9BrO2/c1-8-6-10(7-12(14)15-8)9-2-4-11(13)5-3-9/h2-7H,1H3. The number of aryl methyl sites for hydroxylation is 1. The fourth-order valence-electron chi connectivity index (χ4n) is 1.41. The van der Waals surface area contributed by atoms with E-state index in [1.807, 2.05) is 30.3 Å². The van der Waals surface area contributed by atoms with Crippen molar-refractivity contribution in [3.8, 4) is 11.1 Å². The molecule has 0 atom stereocenters. The lowest BCUT2D eigenvalue weighted by atomic mass is 10.1. The third kappa shape index (κ3) is 2.36. The number of hydrogen-bond donors (Lipinski definition) is 0. The second-order valence-corrected chi connectivity index (χ2v) is 4.20. The summed E-state index contributed by atoms with van der Waals surface area (Å²) in [6.07, 6.45) is 0. The number of benzene rings is 1. The van der Waals surface area contributed by atoms with Crippen molar-refractivity contribution in [2.45, 2.75) is 6.92 Å². The highest BCUT2D eigenvalue weighted by Crippen LogP contribution is 2.21. The molecule has 0 fully saturated rings. The van der Waals surface area contributed by atoms with Crippen LogP contribution in [0.15, 0.2) is 50.1 Å². The Hall–Kier alpha value is -1.35. The van der Waals surface area contributed by atoms with E-state index in [1.165, 1.54) is 6.07 Å². The highest BCUT2D eigenvalue weighted by molar-refractivity contribution is 9.10. The van der Waals surface area contributed by atoms with E-state index in [0.717, 1.165) is 15.6 Å². The maximum absolute atomic E-state index is 11.2. The van der Waals surface area contributed by atoms with Crippen LogP contribution < -0.4 is 5.63 Å². The van der Waals surface area contributed by atoms with Gasteiger partial charge in [0.25, 0.3) is 0 Å². The maximum Gasteiger partial charge on any atom is 0.336 e. The van der Waals surface area contributed by atoms with E-state index in [2.05, 4.69) is 15.9 Å². The normalized spacial score (nSPS) is 10.3. The van der Waals surface area contributed by atoms with E-state index in [4.69, 9.17) is 4.42 Å². The van der Waals surface area contributed by atoms with Crippen LogP contribution in [0.1, 0.15) is 5.76 Å². The largest absolute Gasteiger partial charge is 0.428 e. The highest BCUT2D eigenvalue weighted by Gasteiger charge is 2.00. The van der Waals surface area contributed by atoms with Gasteiger partial charge in [-0.3, -0.25) is 0 Å². The Bertz CT molecular complexity index is 526. The molecule has 0 bridgehead atoms. The summed E-state index contributed by atoms with van der Waals surface area (Å²) >= 11 is 3.37. The first-order valence-electron chi connectivity index (χ1n) is 4.53. The Balaban J connectivity index is 2.54. The first-order chi connectivity index (χ1) is 7.15. The van der Waals surface area contributed by atoms with Gasteiger partial charge in [0.15, 0.2) is 0 Å². The minimum Gasteiger partial charge on any atom is -0.428 e. The van der Waals surface area contributed by atoms with Crippen molar-refractivity contribution in [1.82, 2.24) is 0 Å². The van der Waals surface area contributed by atoms with Crippen molar-refractivity contribution in [3.05, 3.63) is 57.1 Å². The zero-order valence-corrected chi connectivity index (χ0v) is 9.74. The molecule has 76 valence electrons. The Labute approximate surface area is 95.7 Å². The molecule has 1 heterocycles. The summed E-state index contributed by atoms with van der Waals surface area (Å²) in [5, 5.41) is 0. The second kappa shape index (κ2) is 4.03. The van der Waals surface area contributed by atoms with E-state index >= 15 is 0 Å². The Morgan fingerprint density at radius 3 is 2.33 bits per heavy atom. The molecular weight excluding hydrogens is 256 g/mol. The van der Waals surface area contributed by atoms with Crippen molar-refractivity contribution in [2.24, 2.45) is 0 Å². The van der Waals surface area contributed by atoms with Crippen LogP contribution in [0.5, 0.6) is 0 Å². The molecule has 1 aromatic heterocycles. The Kier molecular flexibility index (Phi) is 2.73. The Morgan fingerprint density at radius 1 is 1.07 bits per heavy atom. The average molecular weight is 265 g/mol. The average Bonchev–Trinajstić information content (AvgIpc) is 2.17. The van der Waals surface area contributed by atoms with Crippen molar-refractivity contribution < 1.29 is 4.42 Å². The van der Waals surface area contributed by atoms with Gasteiger partial charge in [-0.15, -0.1) is 0 Å². The van der Waals surface area contributed by atoms with E-state index < -0.39 is 0 Å². The van der Waals surface area contributed by atoms with Gasteiger partial charge in [-0.1, -0.05) is 28.1 Å². The van der Waals surface area contributed by atoms with Crippen molar-refractivity contribution >= 4 is 15.9 Å². The monoisotopic (exact) mass is 264 g/mol. The second-order valence-electron chi connectivity index (χ2n) is 3.28. The lowest BCUT2D eigenvalue weighted by molar-refractivity contribution is 0.481. The summed E-state index contributed by atoms with van der Waals surface area (Å²) in [5.74, 6) is 0.625. The van der Waals surface area contributed by atoms with Crippen LogP contribution in [0, 0.1) is 6.92 Å². The molecule has 0 N–H and O–H groups in total. The van der Waals surface area contributed by atoms with Gasteiger partial charge in [0, 0.05) is 10.5 Å². The molecule has 15 heavy (non-hydrogen) atoms. The van der Waals surface area contributed by atoms with Gasteiger partial charge in [0.1, 0.15) is 5.76 Å². The molecule has 0 saturated heterocycles. The third-order valence-electron chi connectivity index (χ3n) is 2.07. The van der Waals surface area contributed by atoms with E-state index in [-0.39, 0.29) is 5.63 Å². The first-order valence-corrected chi connectivity index (χ1v) is 5.32. The lowest BCUT2D eigenvalue weighted by Crippen LogP contribution is -1.97. The SMILES string of the molecule is Cc1cc(-c2ccc(Br)cc2)cc(=O)o1. The summed E-state index contributed by atoms with van der Waals surface area (Å²) in [4.78, 5) is 11.2. The quantitative estimate of drug-likeness (QED) is 0.791. The van der Waals surface area contributed by atoms with Gasteiger partial charge in [0.05, 0.1) is 0 Å². The van der Waals surface area contributed by atoms with Crippen LogP contribution in [-0.4, -0.2) is 0 Å². The van der Waals surface area contributed by atoms with Crippen LogP contribution in [0.2, 0.25) is 0 Å². The maximum atomic E-state index is 11.2. The molecule has 0 amide bonds. The van der Waals surface area contributed by atoms with Gasteiger partial charge < -0.3 is 4.42 Å². The van der Waals surface area contributed by atoms with Gasteiger partial charge in [-0.25, -0.2) is 4.79 Å². The minimum atomic E-state index is -0.312. The summed E-state index contributed by atoms with van der Waals surface area (Å²) in [7, 11) is 0. The molecular formula is C12H9BrO2. The van der Waals surface area contributed by atoms with Crippen LogP contribution in [0.25, 0.3) is 11.1 Å². The Morgan fingerprint density at radius 2 is 1.73 bits per heavy atom. The summed E-state index contributed by atoms with van der Waals surface area (Å²) in [6.45, 7) is 1.77. The van der Waals surface area contributed by atoms with Crippen LogP contribution >= 0.6 is 15.9 Å². The molecule has 0 aliphatic carbocycles. The fourth-order valence-corrected chi connectivity index (χ4v) is 1.68. The van der Waals surface area contributed by atoms with Crippen LogP contribution in [0.4, 0.5) is 0 Å². The fraction of sp³-hybridized carbons (Fsp3) is 0.0833. The lowest BCUT2D eigenvalue weighted by Gasteiger charge is -2.01. The van der Waals surface area contributed by atoms with E-state index in [1.54, 1.807) is 6.92 Å². The predicted molar refractivity (Wildman–Crippen MR) is 62.9 cm³/mol. The van der Waals surface area contributed by atoms with Gasteiger partial charge in [-0.2, -0.15) is 0 Å². The molecule has 0 aliphatic rings. The van der Waals surface area contributed by atoms with Gasteiger partial charge in [0.2, 0.25) is 0 Å². The van der Waals surface area contributed by atoms with Crippen LogP contribution in [0.3, 0.4) is 0 Å². The predicted octanol–water partition coefficient (Wildman–Crippen LogP) is 3.38. The minimum absolute atomic E-state index is 0.312. The smallest absolute Gasteiger partial charge is 0.336 e. The summed E-state index contributed by atoms with van der Waals surface area (Å²) in [6, 6.07) is 11.1. The number of rotatable bonds is 1. The van der Waals surface area contributed by atoms with Gasteiger partial charge >= 0.3 is 5.63 Å². The topological polar surface area (TPSA) is 30.2 Å². The third-order valence-corrected chi connectivity index (χ3v) is 2.60. The van der Waals surface area contributed by atoms with Crippen molar-refractivity contribution in [3.63, 3.8) is 0 Å². The zero-order valence-electron chi connectivity index (χ0n) is 8.16. The van der Waals surface area contributed by atoms with E-state index in [0.29, 0.717) is 5.76 Å². The van der Waals surface area contributed by atoms with E-state index in [9.17, 15) is 4.79 Å². The molecule has 2 rings (SSSR count). The van der Waals surface area contributed by atoms with Gasteiger partial charge in [-0.05, 0) is 36.2 Å². The molecule has 0 spiro atoms. The summed E-state index contributed by atoms with van der Waals surface area (Å²) in [5.41, 5.74) is 1.58. The molecule has 0 radical (unpaired) electrons. The molecule has 2 aromatic rings. The molecule has 0 saturated carbocycles. The highest BCUT2D eigenvalue weighted by atomic mass is 79.9. The number of halogens is 1. The molecule has 0 aliphatic heterocycles. The van der Waals surface area contributed by atoms with Crippen molar-refractivity contribution in [2.75, 3.05) is 0 Å². The molecule has 3 heteroatoms. The molecule has 1 aromatic carbocycles. The first kappa shape index (κ1) is 10.2. The zero-order chi connectivity index (χ0) is 10.8. The van der Waals surface area contributed by atoms with Crippen LogP contribution in [-0.2, 0) is 0 Å². The number of hydrogen-bond acceptors (Lipinski definition) is 2. The van der Waals surface area contributed by atoms with Crippen molar-refractivity contribution in [1.29, 1.82) is 0 Å². The summed E-state index contributed by atoms with van der Waals surface area (Å²) < 4.78 is 5.92. The molecule has 0 unspecified atom stereocenters.